The Balaban J connectivity index is 1.89. The van der Waals surface area contributed by atoms with Crippen LogP contribution in [-0.4, -0.2) is 21.5 Å². The fraction of sp³-hybridized carbons (Fsp3) is 0.300. The first-order chi connectivity index (χ1) is 7.75. The highest BCUT2D eigenvalue weighted by molar-refractivity contribution is 7.09. The fourth-order valence-electron chi connectivity index (χ4n) is 1.31. The lowest BCUT2D eigenvalue weighted by atomic mass is 10.3. The summed E-state index contributed by atoms with van der Waals surface area (Å²) in [7, 11) is 0. The summed E-state index contributed by atoms with van der Waals surface area (Å²) in [5, 5.41) is 6.07. The second kappa shape index (κ2) is 4.89. The summed E-state index contributed by atoms with van der Waals surface area (Å²) in [5.41, 5.74) is 0.847. The predicted molar refractivity (Wildman–Crippen MR) is 63.9 cm³/mol. The number of aryl methyl sites for hydroxylation is 1. The number of aromatic nitrogens is 3. The number of rotatable bonds is 4. The number of anilines is 1. The van der Waals surface area contributed by atoms with Crippen molar-refractivity contribution in [1.29, 1.82) is 0 Å². The zero-order chi connectivity index (χ0) is 11.4. The van der Waals surface area contributed by atoms with Crippen molar-refractivity contribution < 1.29 is 0 Å². The predicted octanol–water partition coefficient (Wildman–Crippen LogP) is 1.19. The van der Waals surface area contributed by atoms with Crippen molar-refractivity contribution in [1.82, 2.24) is 15.0 Å². The average molecular weight is 236 g/mol. The van der Waals surface area contributed by atoms with Gasteiger partial charge in [0.2, 0.25) is 0 Å². The van der Waals surface area contributed by atoms with Crippen LogP contribution >= 0.6 is 11.3 Å². The smallest absolute Gasteiger partial charge is 0.290 e. The number of hydrogen-bond acceptors (Lipinski definition) is 5. The molecule has 2 rings (SSSR count). The lowest BCUT2D eigenvalue weighted by molar-refractivity contribution is 0.951. The number of nitrogens with zero attached hydrogens (tertiary/aromatic N) is 2. The van der Waals surface area contributed by atoms with E-state index >= 15 is 0 Å². The standard InChI is InChI=1S/C10H12N4OS/c1-7-14-8(6-16-7)2-3-11-9-10(15)13-5-4-12-9/h4-6H,2-3H2,1H3,(H,11,12)(H,13,15). The van der Waals surface area contributed by atoms with Crippen molar-refractivity contribution in [2.75, 3.05) is 11.9 Å². The molecule has 2 heterocycles. The summed E-state index contributed by atoms with van der Waals surface area (Å²) in [5.74, 6) is 0.356. The van der Waals surface area contributed by atoms with Gasteiger partial charge >= 0.3 is 0 Å². The second-order valence-corrected chi connectivity index (χ2v) is 4.36. The molecule has 16 heavy (non-hydrogen) atoms. The van der Waals surface area contributed by atoms with Crippen molar-refractivity contribution in [2.45, 2.75) is 13.3 Å². The van der Waals surface area contributed by atoms with E-state index in [-0.39, 0.29) is 5.56 Å². The van der Waals surface area contributed by atoms with Gasteiger partial charge in [-0.05, 0) is 6.92 Å². The van der Waals surface area contributed by atoms with E-state index in [1.165, 1.54) is 6.20 Å². The third-order valence-electron chi connectivity index (χ3n) is 2.05. The van der Waals surface area contributed by atoms with E-state index in [2.05, 4.69) is 20.3 Å². The molecule has 84 valence electrons. The van der Waals surface area contributed by atoms with Gasteiger partial charge in [0.25, 0.3) is 5.56 Å². The number of hydrogen-bond donors (Lipinski definition) is 2. The SMILES string of the molecule is Cc1nc(CCNc2ncc[nH]c2=O)cs1. The molecule has 0 saturated carbocycles. The maximum Gasteiger partial charge on any atom is 0.290 e. The minimum Gasteiger partial charge on any atom is -0.365 e. The van der Waals surface area contributed by atoms with Crippen LogP contribution in [0.25, 0.3) is 0 Å². The van der Waals surface area contributed by atoms with Gasteiger partial charge in [0.05, 0.1) is 10.7 Å². The van der Waals surface area contributed by atoms with E-state index in [9.17, 15) is 4.79 Å². The Morgan fingerprint density at radius 3 is 3.12 bits per heavy atom. The van der Waals surface area contributed by atoms with Crippen LogP contribution in [0.3, 0.4) is 0 Å². The summed E-state index contributed by atoms with van der Waals surface area (Å²) in [6.07, 6.45) is 3.86. The summed E-state index contributed by atoms with van der Waals surface area (Å²) in [4.78, 5) is 22.1. The zero-order valence-electron chi connectivity index (χ0n) is 8.86. The Morgan fingerprint density at radius 2 is 2.44 bits per heavy atom. The molecule has 0 amide bonds. The molecule has 2 aromatic heterocycles. The normalized spacial score (nSPS) is 10.3. The van der Waals surface area contributed by atoms with Crippen LogP contribution in [0.1, 0.15) is 10.7 Å². The Morgan fingerprint density at radius 1 is 1.56 bits per heavy atom. The first-order valence-electron chi connectivity index (χ1n) is 4.94. The van der Waals surface area contributed by atoms with Gasteiger partial charge in [0, 0.05) is 30.7 Å². The van der Waals surface area contributed by atoms with Crippen molar-refractivity contribution in [2.24, 2.45) is 0 Å². The number of aromatic amines is 1. The molecule has 0 bridgehead atoms. The maximum absolute atomic E-state index is 11.3. The van der Waals surface area contributed by atoms with E-state index < -0.39 is 0 Å². The average Bonchev–Trinajstić information content (AvgIpc) is 2.67. The van der Waals surface area contributed by atoms with E-state index in [4.69, 9.17) is 0 Å². The van der Waals surface area contributed by atoms with Gasteiger partial charge in [0.15, 0.2) is 5.82 Å². The van der Waals surface area contributed by atoms with Gasteiger partial charge in [-0.2, -0.15) is 0 Å². The summed E-state index contributed by atoms with van der Waals surface area (Å²) in [6.45, 7) is 2.63. The Kier molecular flexibility index (Phi) is 3.31. The molecule has 6 heteroatoms. The Hall–Kier alpha value is -1.69. The molecule has 0 atom stereocenters. The minimum absolute atomic E-state index is 0.197. The summed E-state index contributed by atoms with van der Waals surface area (Å²) in [6, 6.07) is 0. The largest absolute Gasteiger partial charge is 0.365 e. The Bertz CT molecular complexity index is 519. The lowest BCUT2D eigenvalue weighted by Gasteiger charge is -2.01. The third-order valence-corrected chi connectivity index (χ3v) is 2.87. The quantitative estimate of drug-likeness (QED) is 0.836. The first kappa shape index (κ1) is 10.8. The van der Waals surface area contributed by atoms with Gasteiger partial charge in [-0.1, -0.05) is 0 Å². The molecule has 0 aliphatic heterocycles. The van der Waals surface area contributed by atoms with Gasteiger partial charge in [-0.15, -0.1) is 11.3 Å². The molecule has 0 saturated heterocycles. The number of H-pyrrole nitrogens is 1. The van der Waals surface area contributed by atoms with Gasteiger partial charge in [-0.25, -0.2) is 9.97 Å². The van der Waals surface area contributed by atoms with Gasteiger partial charge < -0.3 is 10.3 Å². The molecule has 0 spiro atoms. The van der Waals surface area contributed by atoms with Crippen molar-refractivity contribution in [3.63, 3.8) is 0 Å². The third kappa shape index (κ3) is 2.66. The lowest BCUT2D eigenvalue weighted by Crippen LogP contribution is -2.17. The van der Waals surface area contributed by atoms with Crippen molar-refractivity contribution >= 4 is 17.2 Å². The molecular weight excluding hydrogens is 224 g/mol. The van der Waals surface area contributed by atoms with Crippen LogP contribution in [0.15, 0.2) is 22.6 Å². The molecule has 2 N–H and O–H groups in total. The van der Waals surface area contributed by atoms with E-state index in [1.807, 2.05) is 12.3 Å². The van der Waals surface area contributed by atoms with Crippen LogP contribution in [-0.2, 0) is 6.42 Å². The van der Waals surface area contributed by atoms with E-state index in [0.717, 1.165) is 17.1 Å². The highest BCUT2D eigenvalue weighted by atomic mass is 32.1. The molecule has 0 aliphatic carbocycles. The van der Waals surface area contributed by atoms with Crippen LogP contribution in [0, 0.1) is 6.92 Å². The number of nitrogens with one attached hydrogen (secondary N) is 2. The minimum atomic E-state index is -0.197. The molecule has 0 unspecified atom stereocenters. The monoisotopic (exact) mass is 236 g/mol. The molecule has 0 fully saturated rings. The topological polar surface area (TPSA) is 70.7 Å². The highest BCUT2D eigenvalue weighted by Crippen LogP contribution is 2.08. The van der Waals surface area contributed by atoms with Crippen molar-refractivity contribution in [3.05, 3.63) is 38.8 Å². The van der Waals surface area contributed by atoms with Crippen LogP contribution in [0.5, 0.6) is 0 Å². The molecular formula is C10H12N4OS. The Labute approximate surface area is 96.6 Å². The molecule has 0 radical (unpaired) electrons. The highest BCUT2D eigenvalue weighted by Gasteiger charge is 2.00. The van der Waals surface area contributed by atoms with E-state index in [1.54, 1.807) is 17.5 Å². The summed E-state index contributed by atoms with van der Waals surface area (Å²) < 4.78 is 0. The maximum atomic E-state index is 11.3. The fourth-order valence-corrected chi connectivity index (χ4v) is 1.96. The number of thiazole rings is 1. The molecule has 5 nitrogen and oxygen atoms in total. The van der Waals surface area contributed by atoms with Crippen LogP contribution in [0.2, 0.25) is 0 Å². The van der Waals surface area contributed by atoms with E-state index in [0.29, 0.717) is 12.4 Å². The first-order valence-corrected chi connectivity index (χ1v) is 5.82. The van der Waals surface area contributed by atoms with Crippen LogP contribution < -0.4 is 10.9 Å². The van der Waals surface area contributed by atoms with Crippen molar-refractivity contribution in [3.8, 4) is 0 Å². The molecule has 2 aromatic rings. The van der Waals surface area contributed by atoms with Gasteiger partial charge in [0.1, 0.15) is 0 Å². The molecule has 0 aromatic carbocycles. The van der Waals surface area contributed by atoms with Crippen LogP contribution in [0.4, 0.5) is 5.82 Å². The second-order valence-electron chi connectivity index (χ2n) is 3.30. The summed E-state index contributed by atoms with van der Waals surface area (Å²) >= 11 is 1.63. The molecule has 0 aliphatic rings. The zero-order valence-corrected chi connectivity index (χ0v) is 9.67. The van der Waals surface area contributed by atoms with Gasteiger partial charge in [-0.3, -0.25) is 4.79 Å².